The Labute approximate surface area is 157 Å². The van der Waals surface area contributed by atoms with Crippen LogP contribution < -0.4 is 0 Å². The molecule has 132 valence electrons. The van der Waals surface area contributed by atoms with Crippen LogP contribution in [0, 0.1) is 0 Å². The van der Waals surface area contributed by atoms with Crippen molar-refractivity contribution in [1.82, 2.24) is 4.98 Å². The SMILES string of the molecule is O=CO/C=C(\CCc1ccc2ccccc2n1)c1ccc2ccccc2c1. The molecule has 1 aromatic heterocycles. The number of para-hydroxylation sites is 1. The fourth-order valence-corrected chi connectivity index (χ4v) is 3.28. The normalized spacial score (nSPS) is 11.6. The molecule has 0 aliphatic heterocycles. The number of carbonyl (C=O) groups is 1. The molecule has 3 aromatic carbocycles. The van der Waals surface area contributed by atoms with Crippen LogP contribution >= 0.6 is 0 Å². The number of pyridine rings is 1. The minimum atomic E-state index is 0.454. The Hall–Kier alpha value is -3.46. The lowest BCUT2D eigenvalue weighted by molar-refractivity contribution is -0.123. The summed E-state index contributed by atoms with van der Waals surface area (Å²) in [6, 6.07) is 26.8. The largest absolute Gasteiger partial charge is 0.436 e. The Kier molecular flexibility index (Phi) is 4.93. The van der Waals surface area contributed by atoms with Gasteiger partial charge in [0.05, 0.1) is 11.8 Å². The quantitative estimate of drug-likeness (QED) is 0.338. The number of aromatic nitrogens is 1. The molecule has 0 saturated heterocycles. The number of aryl methyl sites for hydroxylation is 1. The average molecular weight is 353 g/mol. The maximum absolute atomic E-state index is 10.7. The number of fused-ring (bicyclic) bond motifs is 2. The lowest BCUT2D eigenvalue weighted by atomic mass is 9.98. The Bertz CT molecular complexity index is 1130. The highest BCUT2D eigenvalue weighted by atomic mass is 16.5. The van der Waals surface area contributed by atoms with E-state index in [9.17, 15) is 4.79 Å². The fourth-order valence-electron chi connectivity index (χ4n) is 3.28. The number of rotatable bonds is 6. The van der Waals surface area contributed by atoms with Crippen molar-refractivity contribution in [1.29, 1.82) is 0 Å². The molecule has 0 unspecified atom stereocenters. The Morgan fingerprint density at radius 3 is 2.44 bits per heavy atom. The lowest BCUT2D eigenvalue weighted by Gasteiger charge is -2.09. The third-order valence-corrected chi connectivity index (χ3v) is 4.69. The smallest absolute Gasteiger partial charge is 0.297 e. The number of nitrogens with zero attached hydrogens (tertiary/aromatic N) is 1. The van der Waals surface area contributed by atoms with E-state index in [0.717, 1.165) is 46.0 Å². The molecule has 0 fully saturated rings. The summed E-state index contributed by atoms with van der Waals surface area (Å²) in [6.45, 7) is 0.454. The Balaban J connectivity index is 1.60. The Morgan fingerprint density at radius 2 is 1.59 bits per heavy atom. The van der Waals surface area contributed by atoms with Crippen LogP contribution in [0.4, 0.5) is 0 Å². The van der Waals surface area contributed by atoms with Crippen molar-refractivity contribution in [2.24, 2.45) is 0 Å². The molecule has 1 heterocycles. The van der Waals surface area contributed by atoms with Crippen molar-refractivity contribution in [2.75, 3.05) is 0 Å². The van der Waals surface area contributed by atoms with Crippen LogP contribution in [0.15, 0.2) is 85.1 Å². The van der Waals surface area contributed by atoms with Crippen molar-refractivity contribution in [2.45, 2.75) is 12.8 Å². The van der Waals surface area contributed by atoms with E-state index in [1.54, 1.807) is 0 Å². The molecule has 27 heavy (non-hydrogen) atoms. The molecule has 0 atom stereocenters. The second-order valence-electron chi connectivity index (χ2n) is 6.43. The van der Waals surface area contributed by atoms with E-state index in [0.29, 0.717) is 6.47 Å². The summed E-state index contributed by atoms with van der Waals surface area (Å²) < 4.78 is 4.96. The first-order valence-corrected chi connectivity index (χ1v) is 8.95. The maximum atomic E-state index is 10.7. The van der Waals surface area contributed by atoms with Gasteiger partial charge in [0.25, 0.3) is 6.47 Å². The van der Waals surface area contributed by atoms with Crippen molar-refractivity contribution in [3.8, 4) is 0 Å². The van der Waals surface area contributed by atoms with Gasteiger partial charge in [0.1, 0.15) is 0 Å². The van der Waals surface area contributed by atoms with Gasteiger partial charge >= 0.3 is 0 Å². The zero-order valence-corrected chi connectivity index (χ0v) is 14.8. The van der Waals surface area contributed by atoms with E-state index in [2.05, 4.69) is 48.5 Å². The van der Waals surface area contributed by atoms with Gasteiger partial charge in [-0.1, -0.05) is 60.7 Å². The number of benzene rings is 3. The highest BCUT2D eigenvalue weighted by Gasteiger charge is 2.06. The van der Waals surface area contributed by atoms with Gasteiger partial charge in [-0.05, 0) is 52.9 Å². The first-order valence-electron chi connectivity index (χ1n) is 8.95. The zero-order chi connectivity index (χ0) is 18.5. The van der Waals surface area contributed by atoms with Crippen molar-refractivity contribution >= 4 is 33.7 Å². The molecule has 0 radical (unpaired) electrons. The van der Waals surface area contributed by atoms with E-state index in [1.807, 2.05) is 30.3 Å². The lowest BCUT2D eigenvalue weighted by Crippen LogP contribution is -1.95. The van der Waals surface area contributed by atoms with Gasteiger partial charge < -0.3 is 4.74 Å². The summed E-state index contributed by atoms with van der Waals surface area (Å²) in [5.41, 5.74) is 4.04. The minimum Gasteiger partial charge on any atom is -0.436 e. The molecule has 0 aliphatic rings. The van der Waals surface area contributed by atoms with E-state index < -0.39 is 0 Å². The van der Waals surface area contributed by atoms with Gasteiger partial charge in [-0.25, -0.2) is 0 Å². The molecule has 0 spiro atoms. The summed E-state index contributed by atoms with van der Waals surface area (Å²) in [5.74, 6) is 0. The van der Waals surface area contributed by atoms with Crippen LogP contribution in [0.1, 0.15) is 17.7 Å². The van der Waals surface area contributed by atoms with Gasteiger partial charge in [-0.3, -0.25) is 9.78 Å². The minimum absolute atomic E-state index is 0.454. The van der Waals surface area contributed by atoms with Crippen LogP contribution in [0.2, 0.25) is 0 Å². The topological polar surface area (TPSA) is 39.2 Å². The van der Waals surface area contributed by atoms with Crippen LogP contribution in [0.3, 0.4) is 0 Å². The zero-order valence-electron chi connectivity index (χ0n) is 14.8. The molecule has 0 bridgehead atoms. The summed E-state index contributed by atoms with van der Waals surface area (Å²) in [5, 5.41) is 3.49. The number of hydrogen-bond donors (Lipinski definition) is 0. The summed E-state index contributed by atoms with van der Waals surface area (Å²) in [6.07, 6.45) is 3.04. The van der Waals surface area contributed by atoms with Crippen molar-refractivity contribution in [3.05, 3.63) is 96.4 Å². The van der Waals surface area contributed by atoms with Crippen LogP contribution in [0.5, 0.6) is 0 Å². The van der Waals surface area contributed by atoms with Gasteiger partial charge in [0.15, 0.2) is 0 Å². The Morgan fingerprint density at radius 1 is 0.852 bits per heavy atom. The molecule has 3 nitrogen and oxygen atoms in total. The van der Waals surface area contributed by atoms with Gasteiger partial charge in [-0.2, -0.15) is 0 Å². The second kappa shape index (κ2) is 7.83. The number of ether oxygens (including phenoxy) is 1. The second-order valence-corrected chi connectivity index (χ2v) is 6.43. The fraction of sp³-hybridized carbons (Fsp3) is 0.0833. The first kappa shape index (κ1) is 17.0. The third kappa shape index (κ3) is 3.87. The molecule has 3 heteroatoms. The predicted octanol–water partition coefficient (Wildman–Crippen LogP) is 5.53. The van der Waals surface area contributed by atoms with Crippen LogP contribution in [-0.4, -0.2) is 11.5 Å². The first-order chi connectivity index (χ1) is 13.3. The summed E-state index contributed by atoms with van der Waals surface area (Å²) in [4.78, 5) is 15.4. The summed E-state index contributed by atoms with van der Waals surface area (Å²) >= 11 is 0. The van der Waals surface area contributed by atoms with E-state index in [4.69, 9.17) is 9.72 Å². The third-order valence-electron chi connectivity index (χ3n) is 4.69. The van der Waals surface area contributed by atoms with Crippen LogP contribution in [-0.2, 0) is 16.0 Å². The van der Waals surface area contributed by atoms with Crippen LogP contribution in [0.25, 0.3) is 27.2 Å². The van der Waals surface area contributed by atoms with Crippen molar-refractivity contribution < 1.29 is 9.53 Å². The predicted molar refractivity (Wildman–Crippen MR) is 109 cm³/mol. The molecule has 0 aliphatic carbocycles. The summed E-state index contributed by atoms with van der Waals surface area (Å²) in [7, 11) is 0. The molecular formula is C24H19NO2. The number of allylic oxidation sites excluding steroid dienone is 1. The van der Waals surface area contributed by atoms with Gasteiger partial charge in [0, 0.05) is 11.1 Å². The highest BCUT2D eigenvalue weighted by molar-refractivity contribution is 5.86. The van der Waals surface area contributed by atoms with E-state index in [-0.39, 0.29) is 0 Å². The standard InChI is InChI=1S/C24H19NO2/c26-17-27-16-22(21-10-9-18-5-1-2-7-20(18)15-21)12-14-23-13-11-19-6-3-4-8-24(19)25-23/h1-11,13,15-17H,12,14H2/b22-16+. The van der Waals surface area contributed by atoms with Gasteiger partial charge in [0.2, 0.25) is 0 Å². The molecule has 0 N–H and O–H groups in total. The average Bonchev–Trinajstić information content (AvgIpc) is 2.73. The van der Waals surface area contributed by atoms with Crippen molar-refractivity contribution in [3.63, 3.8) is 0 Å². The molecule has 4 rings (SSSR count). The highest BCUT2D eigenvalue weighted by Crippen LogP contribution is 2.25. The maximum Gasteiger partial charge on any atom is 0.297 e. The molecule has 0 amide bonds. The van der Waals surface area contributed by atoms with E-state index >= 15 is 0 Å². The monoisotopic (exact) mass is 353 g/mol. The molecule has 0 saturated carbocycles. The number of hydrogen-bond acceptors (Lipinski definition) is 3. The van der Waals surface area contributed by atoms with E-state index in [1.165, 1.54) is 11.6 Å². The van der Waals surface area contributed by atoms with Gasteiger partial charge in [-0.15, -0.1) is 0 Å². The molecular weight excluding hydrogens is 334 g/mol. The number of carbonyl (C=O) groups excluding carboxylic acids is 1. The molecule has 4 aromatic rings.